The highest BCUT2D eigenvalue weighted by molar-refractivity contribution is 5.76. The predicted molar refractivity (Wildman–Crippen MR) is 65.9 cm³/mol. The summed E-state index contributed by atoms with van der Waals surface area (Å²) in [6.45, 7) is 5.91. The van der Waals surface area contributed by atoms with E-state index in [9.17, 15) is 4.79 Å². The van der Waals surface area contributed by atoms with Gasteiger partial charge in [-0.05, 0) is 38.8 Å². The molecule has 0 aromatic heterocycles. The highest BCUT2D eigenvalue weighted by Gasteiger charge is 2.18. The lowest BCUT2D eigenvalue weighted by Gasteiger charge is -2.29. The first-order chi connectivity index (χ1) is 7.77. The van der Waals surface area contributed by atoms with Crippen LogP contribution >= 0.6 is 0 Å². The van der Waals surface area contributed by atoms with Crippen molar-refractivity contribution in [2.24, 2.45) is 5.92 Å². The average molecular weight is 222 g/mol. The van der Waals surface area contributed by atoms with Gasteiger partial charge < -0.3 is 10.2 Å². The van der Waals surface area contributed by atoms with E-state index in [1.165, 1.54) is 12.8 Å². The molecule has 0 saturated carbocycles. The fourth-order valence-electron chi connectivity index (χ4n) is 2.12. The molecule has 1 N–H and O–H groups in total. The second-order valence-corrected chi connectivity index (χ2v) is 4.33. The molecule has 3 heteroatoms. The van der Waals surface area contributed by atoms with Crippen molar-refractivity contribution in [2.75, 3.05) is 26.2 Å². The monoisotopic (exact) mass is 222 g/mol. The summed E-state index contributed by atoms with van der Waals surface area (Å²) >= 11 is 0. The van der Waals surface area contributed by atoms with E-state index in [2.05, 4.69) is 11.2 Å². The molecule has 16 heavy (non-hydrogen) atoms. The highest BCUT2D eigenvalue weighted by Crippen LogP contribution is 2.14. The van der Waals surface area contributed by atoms with Gasteiger partial charge in [0.15, 0.2) is 0 Å². The molecular formula is C13H22N2O. The standard InChI is InChI=1S/C13H22N2O/c1-3-5-6-13(16)15(4-2)11-12-7-9-14-10-8-12/h1,12,14H,4-11H2,2H3. The summed E-state index contributed by atoms with van der Waals surface area (Å²) in [7, 11) is 0. The van der Waals surface area contributed by atoms with Crippen molar-refractivity contribution in [1.82, 2.24) is 10.2 Å². The van der Waals surface area contributed by atoms with E-state index in [-0.39, 0.29) is 5.91 Å². The summed E-state index contributed by atoms with van der Waals surface area (Å²) < 4.78 is 0. The van der Waals surface area contributed by atoms with Gasteiger partial charge in [-0.25, -0.2) is 0 Å². The first-order valence-electron chi connectivity index (χ1n) is 6.19. The van der Waals surface area contributed by atoms with Crippen LogP contribution in [0.3, 0.4) is 0 Å². The molecule has 1 aliphatic rings. The molecule has 90 valence electrons. The van der Waals surface area contributed by atoms with Gasteiger partial charge in [-0.1, -0.05) is 0 Å². The number of carbonyl (C=O) groups excluding carboxylic acids is 1. The molecule has 1 heterocycles. The molecule has 1 fully saturated rings. The third-order valence-electron chi connectivity index (χ3n) is 3.15. The Kier molecular flexibility index (Phi) is 5.95. The maximum Gasteiger partial charge on any atom is 0.223 e. The molecule has 1 saturated heterocycles. The van der Waals surface area contributed by atoms with Crippen molar-refractivity contribution in [3.05, 3.63) is 0 Å². The van der Waals surface area contributed by atoms with Crippen molar-refractivity contribution in [3.8, 4) is 12.3 Å². The number of rotatable bonds is 5. The first kappa shape index (κ1) is 13.1. The minimum absolute atomic E-state index is 0.207. The van der Waals surface area contributed by atoms with Crippen molar-refractivity contribution in [1.29, 1.82) is 0 Å². The Morgan fingerprint density at radius 2 is 2.19 bits per heavy atom. The van der Waals surface area contributed by atoms with Crippen LogP contribution in [0.15, 0.2) is 0 Å². The Balaban J connectivity index is 2.35. The second-order valence-electron chi connectivity index (χ2n) is 4.33. The van der Waals surface area contributed by atoms with Crippen LogP contribution < -0.4 is 5.32 Å². The van der Waals surface area contributed by atoms with Crippen LogP contribution in [0, 0.1) is 18.3 Å². The molecule has 1 aliphatic heterocycles. The Morgan fingerprint density at radius 1 is 1.50 bits per heavy atom. The van der Waals surface area contributed by atoms with Gasteiger partial charge in [0.05, 0.1) is 0 Å². The quantitative estimate of drug-likeness (QED) is 0.710. The van der Waals surface area contributed by atoms with Crippen LogP contribution in [-0.2, 0) is 4.79 Å². The van der Waals surface area contributed by atoms with Crippen LogP contribution in [0.4, 0.5) is 0 Å². The van der Waals surface area contributed by atoms with E-state index in [0.717, 1.165) is 26.2 Å². The van der Waals surface area contributed by atoms with E-state index in [0.29, 0.717) is 18.8 Å². The molecule has 0 aromatic carbocycles. The highest BCUT2D eigenvalue weighted by atomic mass is 16.2. The molecule has 3 nitrogen and oxygen atoms in total. The smallest absolute Gasteiger partial charge is 0.223 e. The van der Waals surface area contributed by atoms with Gasteiger partial charge in [0.1, 0.15) is 0 Å². The lowest BCUT2D eigenvalue weighted by atomic mass is 9.97. The van der Waals surface area contributed by atoms with Gasteiger partial charge in [0.2, 0.25) is 5.91 Å². The summed E-state index contributed by atoms with van der Waals surface area (Å²) in [5.74, 6) is 3.39. The van der Waals surface area contributed by atoms with E-state index in [1.807, 2.05) is 11.8 Å². The zero-order valence-electron chi connectivity index (χ0n) is 10.2. The fourth-order valence-corrected chi connectivity index (χ4v) is 2.12. The third-order valence-corrected chi connectivity index (χ3v) is 3.15. The van der Waals surface area contributed by atoms with Crippen molar-refractivity contribution in [2.45, 2.75) is 32.6 Å². The van der Waals surface area contributed by atoms with E-state index in [4.69, 9.17) is 6.42 Å². The number of nitrogens with one attached hydrogen (secondary N) is 1. The lowest BCUT2D eigenvalue weighted by Crippen LogP contribution is -2.39. The minimum Gasteiger partial charge on any atom is -0.343 e. The molecule has 0 atom stereocenters. The van der Waals surface area contributed by atoms with Crippen LogP contribution in [0.2, 0.25) is 0 Å². The third kappa shape index (κ3) is 4.24. The van der Waals surface area contributed by atoms with Gasteiger partial charge in [0.25, 0.3) is 0 Å². The summed E-state index contributed by atoms with van der Waals surface area (Å²) in [5, 5.41) is 3.34. The molecule has 0 aromatic rings. The zero-order chi connectivity index (χ0) is 11.8. The largest absolute Gasteiger partial charge is 0.343 e. The van der Waals surface area contributed by atoms with Crippen LogP contribution in [0.1, 0.15) is 32.6 Å². The predicted octanol–water partition coefficient (Wildman–Crippen LogP) is 1.25. The van der Waals surface area contributed by atoms with E-state index in [1.54, 1.807) is 0 Å². The Morgan fingerprint density at radius 3 is 2.75 bits per heavy atom. The normalized spacial score (nSPS) is 16.8. The van der Waals surface area contributed by atoms with Gasteiger partial charge >= 0.3 is 0 Å². The maximum atomic E-state index is 11.8. The Labute approximate surface area is 98.6 Å². The number of nitrogens with zero attached hydrogens (tertiary/aromatic N) is 1. The molecular weight excluding hydrogens is 200 g/mol. The molecule has 0 unspecified atom stereocenters. The second kappa shape index (κ2) is 7.29. The summed E-state index contributed by atoms with van der Waals surface area (Å²) in [5.41, 5.74) is 0. The number of hydrogen-bond donors (Lipinski definition) is 1. The van der Waals surface area contributed by atoms with Crippen molar-refractivity contribution < 1.29 is 4.79 Å². The minimum atomic E-state index is 0.207. The molecule has 0 spiro atoms. The first-order valence-corrected chi connectivity index (χ1v) is 6.19. The summed E-state index contributed by atoms with van der Waals surface area (Å²) in [6.07, 6.45) is 8.59. The van der Waals surface area contributed by atoms with Crippen LogP contribution in [0.25, 0.3) is 0 Å². The van der Waals surface area contributed by atoms with Gasteiger partial charge in [-0.15, -0.1) is 12.3 Å². The summed E-state index contributed by atoms with van der Waals surface area (Å²) in [6, 6.07) is 0. The molecule has 1 rings (SSSR count). The zero-order valence-corrected chi connectivity index (χ0v) is 10.2. The van der Waals surface area contributed by atoms with Gasteiger partial charge in [-0.3, -0.25) is 4.79 Å². The van der Waals surface area contributed by atoms with E-state index < -0.39 is 0 Å². The Bertz CT molecular complexity index is 251. The van der Waals surface area contributed by atoms with Crippen molar-refractivity contribution in [3.63, 3.8) is 0 Å². The van der Waals surface area contributed by atoms with Crippen molar-refractivity contribution >= 4 is 5.91 Å². The maximum absolute atomic E-state index is 11.8. The fraction of sp³-hybridized carbons (Fsp3) is 0.769. The summed E-state index contributed by atoms with van der Waals surface area (Å²) in [4.78, 5) is 13.8. The van der Waals surface area contributed by atoms with Gasteiger partial charge in [-0.2, -0.15) is 0 Å². The molecule has 1 amide bonds. The van der Waals surface area contributed by atoms with Crippen LogP contribution in [0.5, 0.6) is 0 Å². The number of carbonyl (C=O) groups is 1. The number of amides is 1. The molecule has 0 radical (unpaired) electrons. The number of hydrogen-bond acceptors (Lipinski definition) is 2. The van der Waals surface area contributed by atoms with E-state index >= 15 is 0 Å². The van der Waals surface area contributed by atoms with Gasteiger partial charge in [0, 0.05) is 25.9 Å². The average Bonchev–Trinajstić information content (AvgIpc) is 2.34. The number of piperidine rings is 1. The number of terminal acetylenes is 1. The van der Waals surface area contributed by atoms with Crippen LogP contribution in [-0.4, -0.2) is 37.0 Å². The lowest BCUT2D eigenvalue weighted by molar-refractivity contribution is -0.131. The topological polar surface area (TPSA) is 32.3 Å². The SMILES string of the molecule is C#CCCC(=O)N(CC)CC1CCNCC1. The molecule has 0 bridgehead atoms. The molecule has 0 aliphatic carbocycles. The Hall–Kier alpha value is -1.01.